The van der Waals surface area contributed by atoms with E-state index in [4.69, 9.17) is 0 Å². The van der Waals surface area contributed by atoms with Gasteiger partial charge < -0.3 is 5.32 Å². The predicted octanol–water partition coefficient (Wildman–Crippen LogP) is 3.66. The molecule has 3 heteroatoms. The molecule has 0 aliphatic heterocycles. The van der Waals surface area contributed by atoms with Gasteiger partial charge in [0.15, 0.2) is 0 Å². The molecule has 0 spiro atoms. The summed E-state index contributed by atoms with van der Waals surface area (Å²) in [5.41, 5.74) is 2.89. The maximum absolute atomic E-state index is 3.64. The van der Waals surface area contributed by atoms with Gasteiger partial charge in [0.2, 0.25) is 0 Å². The Balaban J connectivity index is 2.53. The summed E-state index contributed by atoms with van der Waals surface area (Å²) in [7, 11) is 2.03. The van der Waals surface area contributed by atoms with Crippen LogP contribution in [0.1, 0.15) is 24.1 Å². The Kier molecular flexibility index (Phi) is 3.01. The van der Waals surface area contributed by atoms with E-state index in [0.717, 1.165) is 4.47 Å². The third-order valence-corrected chi connectivity index (χ3v) is 4.03. The molecule has 14 heavy (non-hydrogen) atoms. The lowest BCUT2D eigenvalue weighted by atomic mass is 10.0. The van der Waals surface area contributed by atoms with Crippen LogP contribution in [0.5, 0.6) is 0 Å². The number of fused-ring (bicyclic) bond motifs is 1. The van der Waals surface area contributed by atoms with Crippen LogP contribution in [0.2, 0.25) is 0 Å². The van der Waals surface area contributed by atoms with Crippen LogP contribution >= 0.6 is 31.9 Å². The van der Waals surface area contributed by atoms with Crippen LogP contribution in [0, 0.1) is 5.92 Å². The summed E-state index contributed by atoms with van der Waals surface area (Å²) in [6, 6.07) is 4.85. The Labute approximate surface area is 102 Å². The Morgan fingerprint density at radius 3 is 2.71 bits per heavy atom. The van der Waals surface area contributed by atoms with Crippen molar-refractivity contribution in [3.05, 3.63) is 32.2 Å². The van der Waals surface area contributed by atoms with Crippen LogP contribution in [-0.2, 0) is 6.42 Å². The molecular formula is C11H13Br2N. The van der Waals surface area contributed by atoms with Gasteiger partial charge in [0, 0.05) is 15.0 Å². The minimum absolute atomic E-state index is 0.493. The Morgan fingerprint density at radius 2 is 2.07 bits per heavy atom. The van der Waals surface area contributed by atoms with Crippen molar-refractivity contribution in [3.63, 3.8) is 0 Å². The molecule has 0 bridgehead atoms. The summed E-state index contributed by atoms with van der Waals surface area (Å²) in [5, 5.41) is 3.38. The van der Waals surface area contributed by atoms with E-state index in [1.807, 2.05) is 7.05 Å². The molecule has 1 aliphatic rings. The van der Waals surface area contributed by atoms with Crippen LogP contribution in [0.4, 0.5) is 0 Å². The largest absolute Gasteiger partial charge is 0.313 e. The minimum atomic E-state index is 0.493. The Morgan fingerprint density at radius 1 is 1.36 bits per heavy atom. The van der Waals surface area contributed by atoms with E-state index >= 15 is 0 Å². The first-order valence-corrected chi connectivity index (χ1v) is 6.37. The monoisotopic (exact) mass is 317 g/mol. The highest BCUT2D eigenvalue weighted by molar-refractivity contribution is 9.11. The molecule has 0 saturated carbocycles. The van der Waals surface area contributed by atoms with E-state index in [9.17, 15) is 0 Å². The van der Waals surface area contributed by atoms with Crippen molar-refractivity contribution in [2.45, 2.75) is 19.4 Å². The first-order chi connectivity index (χ1) is 6.63. The van der Waals surface area contributed by atoms with Crippen LogP contribution in [-0.4, -0.2) is 7.05 Å². The standard InChI is InChI=1S/C11H13Br2N/c1-6-3-7-4-8(12)5-9(13)10(7)11(6)14-2/h4-6,11,14H,3H2,1-2H3. The van der Waals surface area contributed by atoms with E-state index in [1.165, 1.54) is 22.0 Å². The second-order valence-corrected chi connectivity index (χ2v) is 5.68. The van der Waals surface area contributed by atoms with Gasteiger partial charge in [-0.1, -0.05) is 38.8 Å². The van der Waals surface area contributed by atoms with E-state index < -0.39 is 0 Å². The lowest BCUT2D eigenvalue weighted by Crippen LogP contribution is -2.19. The predicted molar refractivity (Wildman–Crippen MR) is 66.5 cm³/mol. The van der Waals surface area contributed by atoms with E-state index in [0.29, 0.717) is 12.0 Å². The molecule has 1 aliphatic carbocycles. The molecule has 1 N–H and O–H groups in total. The highest BCUT2D eigenvalue weighted by Gasteiger charge is 2.30. The van der Waals surface area contributed by atoms with Gasteiger partial charge in [0.05, 0.1) is 0 Å². The van der Waals surface area contributed by atoms with Crippen LogP contribution in [0.15, 0.2) is 21.1 Å². The quantitative estimate of drug-likeness (QED) is 0.833. The zero-order valence-corrected chi connectivity index (χ0v) is 11.4. The van der Waals surface area contributed by atoms with Crippen LogP contribution in [0.25, 0.3) is 0 Å². The van der Waals surface area contributed by atoms with Gasteiger partial charge in [-0.2, -0.15) is 0 Å². The van der Waals surface area contributed by atoms with Crippen molar-refractivity contribution in [2.24, 2.45) is 5.92 Å². The molecule has 0 radical (unpaired) electrons. The van der Waals surface area contributed by atoms with Crippen LogP contribution < -0.4 is 5.32 Å². The molecule has 0 amide bonds. The van der Waals surface area contributed by atoms with Gasteiger partial charge in [-0.25, -0.2) is 0 Å². The number of hydrogen-bond acceptors (Lipinski definition) is 1. The maximum atomic E-state index is 3.64. The van der Waals surface area contributed by atoms with Crippen molar-refractivity contribution in [1.82, 2.24) is 5.32 Å². The number of rotatable bonds is 1. The zero-order valence-electron chi connectivity index (χ0n) is 8.27. The first-order valence-electron chi connectivity index (χ1n) is 4.78. The third kappa shape index (κ3) is 1.66. The summed E-state index contributed by atoms with van der Waals surface area (Å²) < 4.78 is 2.37. The topological polar surface area (TPSA) is 12.0 Å². The summed E-state index contributed by atoms with van der Waals surface area (Å²) in [6.45, 7) is 2.29. The number of nitrogens with one attached hydrogen (secondary N) is 1. The van der Waals surface area contributed by atoms with E-state index in [1.54, 1.807) is 0 Å². The van der Waals surface area contributed by atoms with Crippen molar-refractivity contribution < 1.29 is 0 Å². The summed E-state index contributed by atoms with van der Waals surface area (Å²) >= 11 is 7.16. The highest BCUT2D eigenvalue weighted by atomic mass is 79.9. The normalized spacial score (nSPS) is 25.1. The van der Waals surface area contributed by atoms with Crippen LogP contribution in [0.3, 0.4) is 0 Å². The maximum Gasteiger partial charge on any atom is 0.0360 e. The summed E-state index contributed by atoms with van der Waals surface area (Å²) in [4.78, 5) is 0. The number of hydrogen-bond donors (Lipinski definition) is 1. The molecule has 1 nitrogen and oxygen atoms in total. The first kappa shape index (κ1) is 10.7. The number of halogens is 2. The third-order valence-electron chi connectivity index (χ3n) is 2.91. The van der Waals surface area contributed by atoms with Crippen molar-refractivity contribution in [1.29, 1.82) is 0 Å². The van der Waals surface area contributed by atoms with Gasteiger partial charge in [-0.3, -0.25) is 0 Å². The Bertz CT molecular complexity index is 363. The molecule has 0 saturated heterocycles. The SMILES string of the molecule is CNC1c2c(Br)cc(Br)cc2CC1C. The summed E-state index contributed by atoms with van der Waals surface area (Å²) in [5.74, 6) is 0.681. The molecule has 0 aromatic heterocycles. The molecular weight excluding hydrogens is 306 g/mol. The fourth-order valence-electron chi connectivity index (χ4n) is 2.33. The van der Waals surface area contributed by atoms with Gasteiger partial charge in [0.1, 0.15) is 0 Å². The molecule has 2 unspecified atom stereocenters. The molecule has 2 rings (SSSR count). The molecule has 76 valence electrons. The van der Waals surface area contributed by atoms with Gasteiger partial charge in [-0.15, -0.1) is 0 Å². The molecule has 2 atom stereocenters. The molecule has 0 heterocycles. The average Bonchev–Trinajstić information content (AvgIpc) is 2.40. The van der Waals surface area contributed by atoms with Gasteiger partial charge in [0.25, 0.3) is 0 Å². The van der Waals surface area contributed by atoms with Crippen molar-refractivity contribution in [2.75, 3.05) is 7.05 Å². The average molecular weight is 319 g/mol. The van der Waals surface area contributed by atoms with Crippen molar-refractivity contribution >= 4 is 31.9 Å². The minimum Gasteiger partial charge on any atom is -0.313 e. The molecule has 0 fully saturated rings. The van der Waals surface area contributed by atoms with Gasteiger partial charge in [-0.05, 0) is 42.6 Å². The lowest BCUT2D eigenvalue weighted by Gasteiger charge is -2.16. The smallest absolute Gasteiger partial charge is 0.0360 e. The molecule has 1 aromatic carbocycles. The number of benzene rings is 1. The second-order valence-electron chi connectivity index (χ2n) is 3.91. The second kappa shape index (κ2) is 3.95. The summed E-state index contributed by atoms with van der Waals surface area (Å²) in [6.07, 6.45) is 1.17. The van der Waals surface area contributed by atoms with E-state index in [-0.39, 0.29) is 0 Å². The van der Waals surface area contributed by atoms with E-state index in [2.05, 4.69) is 56.2 Å². The fourth-order valence-corrected chi connectivity index (χ4v) is 3.89. The van der Waals surface area contributed by atoms with Crippen molar-refractivity contribution in [3.8, 4) is 0 Å². The molecule has 1 aromatic rings. The lowest BCUT2D eigenvalue weighted by molar-refractivity contribution is 0.446. The Hall–Kier alpha value is 0.140. The highest BCUT2D eigenvalue weighted by Crippen LogP contribution is 2.41. The fraction of sp³-hybridized carbons (Fsp3) is 0.455. The van der Waals surface area contributed by atoms with Gasteiger partial charge >= 0.3 is 0 Å². The zero-order chi connectivity index (χ0) is 10.3.